The van der Waals surface area contributed by atoms with Crippen LogP contribution in [0.1, 0.15) is 16.1 Å². The molecule has 2 N–H and O–H groups in total. The van der Waals surface area contributed by atoms with Crippen LogP contribution >= 0.6 is 0 Å². The summed E-state index contributed by atoms with van der Waals surface area (Å²) < 4.78 is 0. The number of hydrogen-bond acceptors (Lipinski definition) is 3. The van der Waals surface area contributed by atoms with E-state index < -0.39 is 0 Å². The van der Waals surface area contributed by atoms with Crippen LogP contribution in [0.25, 0.3) is 11.0 Å². The minimum atomic E-state index is -0.176. The minimum Gasteiger partial charge on any atom is -0.347 e. The molecule has 0 aliphatic carbocycles. The molecule has 0 fully saturated rings. The van der Waals surface area contributed by atoms with Gasteiger partial charge in [-0.05, 0) is 29.8 Å². The monoisotopic (exact) mass is 252 g/mol. The van der Waals surface area contributed by atoms with Crippen LogP contribution in [0, 0.1) is 0 Å². The van der Waals surface area contributed by atoms with Crippen LogP contribution in [0.5, 0.6) is 0 Å². The van der Waals surface area contributed by atoms with E-state index in [-0.39, 0.29) is 5.91 Å². The van der Waals surface area contributed by atoms with Crippen molar-refractivity contribution in [3.63, 3.8) is 0 Å². The summed E-state index contributed by atoms with van der Waals surface area (Å²) in [5.41, 5.74) is 3.32. The molecular weight excluding hydrogens is 240 g/mol. The molecule has 0 spiro atoms. The fourth-order valence-electron chi connectivity index (χ4n) is 1.86. The van der Waals surface area contributed by atoms with E-state index in [1.165, 1.54) is 0 Å². The van der Waals surface area contributed by atoms with Crippen molar-refractivity contribution in [3.8, 4) is 0 Å². The van der Waals surface area contributed by atoms with E-state index in [1.54, 1.807) is 30.7 Å². The van der Waals surface area contributed by atoms with Gasteiger partial charge in [-0.1, -0.05) is 12.1 Å². The number of aromatic amines is 1. The van der Waals surface area contributed by atoms with Crippen molar-refractivity contribution >= 4 is 16.9 Å². The molecule has 0 unspecified atom stereocenters. The Labute approximate surface area is 109 Å². The number of carbonyl (C=O) groups excluding carboxylic acids is 1. The normalized spacial score (nSPS) is 10.5. The van der Waals surface area contributed by atoms with Gasteiger partial charge in [0, 0.05) is 12.7 Å². The zero-order valence-corrected chi connectivity index (χ0v) is 10.1. The summed E-state index contributed by atoms with van der Waals surface area (Å²) in [5, 5.41) is 2.84. The Kier molecular flexibility index (Phi) is 2.94. The molecule has 1 amide bonds. The number of amides is 1. The summed E-state index contributed by atoms with van der Waals surface area (Å²) in [6.45, 7) is 0.463. The lowest BCUT2D eigenvalue weighted by atomic mass is 10.2. The largest absolute Gasteiger partial charge is 0.347 e. The second-order valence-corrected chi connectivity index (χ2v) is 4.15. The van der Waals surface area contributed by atoms with E-state index in [0.29, 0.717) is 12.2 Å². The fourth-order valence-corrected chi connectivity index (χ4v) is 1.86. The number of pyridine rings is 1. The van der Waals surface area contributed by atoms with Gasteiger partial charge in [-0.2, -0.15) is 0 Å². The lowest BCUT2D eigenvalue weighted by Gasteiger charge is -2.04. The van der Waals surface area contributed by atoms with Gasteiger partial charge >= 0.3 is 0 Å². The molecule has 0 saturated carbocycles. The number of nitrogens with one attached hydrogen (secondary N) is 2. The quantitative estimate of drug-likeness (QED) is 0.747. The van der Waals surface area contributed by atoms with Gasteiger partial charge in [-0.15, -0.1) is 0 Å². The van der Waals surface area contributed by atoms with Crippen molar-refractivity contribution in [2.45, 2.75) is 6.54 Å². The number of aromatic nitrogens is 3. The molecule has 0 bridgehead atoms. The van der Waals surface area contributed by atoms with Crippen molar-refractivity contribution in [1.82, 2.24) is 20.3 Å². The number of carbonyl (C=O) groups is 1. The predicted octanol–water partition coefficient (Wildman–Crippen LogP) is 1.89. The van der Waals surface area contributed by atoms with Crippen molar-refractivity contribution in [2.24, 2.45) is 0 Å². The Balaban J connectivity index is 1.70. The Hall–Kier alpha value is -2.69. The van der Waals surface area contributed by atoms with E-state index in [0.717, 1.165) is 16.6 Å². The number of rotatable bonds is 3. The number of benzene rings is 1. The highest BCUT2D eigenvalue weighted by molar-refractivity contribution is 5.92. The predicted molar refractivity (Wildman–Crippen MR) is 71.5 cm³/mol. The van der Waals surface area contributed by atoms with Crippen LogP contribution in [0.4, 0.5) is 0 Å². The average Bonchev–Trinajstić information content (AvgIpc) is 2.93. The van der Waals surface area contributed by atoms with E-state index >= 15 is 0 Å². The topological polar surface area (TPSA) is 70.7 Å². The molecule has 1 aromatic carbocycles. The molecule has 5 heteroatoms. The first-order valence-electron chi connectivity index (χ1n) is 5.94. The summed E-state index contributed by atoms with van der Waals surface area (Å²) in [4.78, 5) is 23.0. The van der Waals surface area contributed by atoms with Crippen LogP contribution in [0.15, 0.2) is 48.9 Å². The first kappa shape index (κ1) is 11.4. The molecule has 0 aliphatic rings. The maximum Gasteiger partial charge on any atom is 0.270 e. The molecule has 3 aromatic rings. The molecule has 0 radical (unpaired) electrons. The van der Waals surface area contributed by atoms with Crippen LogP contribution in [0.3, 0.4) is 0 Å². The third-order valence-electron chi connectivity index (χ3n) is 2.84. The molecule has 0 atom stereocenters. The van der Waals surface area contributed by atoms with Gasteiger partial charge in [0.15, 0.2) is 0 Å². The third kappa shape index (κ3) is 2.44. The zero-order chi connectivity index (χ0) is 13.1. The fraction of sp³-hybridized carbons (Fsp3) is 0.0714. The van der Waals surface area contributed by atoms with Gasteiger partial charge in [-0.25, -0.2) is 4.98 Å². The van der Waals surface area contributed by atoms with E-state index in [2.05, 4.69) is 20.3 Å². The summed E-state index contributed by atoms with van der Waals surface area (Å²) in [5.74, 6) is -0.176. The van der Waals surface area contributed by atoms with Gasteiger partial charge < -0.3 is 10.3 Å². The number of hydrogen-bond donors (Lipinski definition) is 2. The highest BCUT2D eigenvalue weighted by Crippen LogP contribution is 2.11. The van der Waals surface area contributed by atoms with Gasteiger partial charge in [0.05, 0.1) is 17.4 Å². The molecule has 3 rings (SSSR count). The van der Waals surface area contributed by atoms with Gasteiger partial charge in [0.25, 0.3) is 5.91 Å². The lowest BCUT2D eigenvalue weighted by molar-refractivity contribution is 0.0946. The molecular formula is C14H12N4O. The average molecular weight is 252 g/mol. The highest BCUT2D eigenvalue weighted by atomic mass is 16.1. The number of nitrogens with zero attached hydrogens (tertiary/aromatic N) is 2. The van der Waals surface area contributed by atoms with E-state index in [4.69, 9.17) is 0 Å². The molecule has 0 saturated heterocycles. The summed E-state index contributed by atoms with van der Waals surface area (Å²) >= 11 is 0. The Morgan fingerprint density at radius 1 is 1.21 bits per heavy atom. The van der Waals surface area contributed by atoms with Crippen LogP contribution in [-0.2, 0) is 6.54 Å². The van der Waals surface area contributed by atoms with E-state index in [9.17, 15) is 4.79 Å². The summed E-state index contributed by atoms with van der Waals surface area (Å²) in [6.07, 6.45) is 3.26. The maximum atomic E-state index is 11.8. The summed E-state index contributed by atoms with van der Waals surface area (Å²) in [6, 6.07) is 11.1. The van der Waals surface area contributed by atoms with Gasteiger partial charge in [0.1, 0.15) is 5.69 Å². The number of fused-ring (bicyclic) bond motifs is 1. The van der Waals surface area contributed by atoms with E-state index in [1.807, 2.05) is 18.2 Å². The molecule has 0 aliphatic heterocycles. The highest BCUT2D eigenvalue weighted by Gasteiger charge is 2.06. The number of H-pyrrole nitrogens is 1. The SMILES string of the molecule is O=C(NCc1ccc2nc[nH]c2c1)c1ccccn1. The second kappa shape index (κ2) is 4.89. The Bertz CT molecular complexity index is 706. The summed E-state index contributed by atoms with van der Waals surface area (Å²) in [7, 11) is 0. The van der Waals surface area contributed by atoms with Crippen LogP contribution in [0.2, 0.25) is 0 Å². The van der Waals surface area contributed by atoms with Gasteiger partial charge in [-0.3, -0.25) is 9.78 Å². The molecule has 19 heavy (non-hydrogen) atoms. The van der Waals surface area contributed by atoms with Crippen molar-refractivity contribution in [1.29, 1.82) is 0 Å². The van der Waals surface area contributed by atoms with Crippen molar-refractivity contribution < 1.29 is 4.79 Å². The first-order valence-corrected chi connectivity index (χ1v) is 5.94. The molecule has 2 heterocycles. The second-order valence-electron chi connectivity index (χ2n) is 4.15. The molecule has 2 aromatic heterocycles. The van der Waals surface area contributed by atoms with Crippen LogP contribution < -0.4 is 5.32 Å². The Morgan fingerprint density at radius 3 is 3.00 bits per heavy atom. The standard InChI is InChI=1S/C14H12N4O/c19-14(12-3-1-2-6-15-12)16-8-10-4-5-11-13(7-10)18-9-17-11/h1-7,9H,8H2,(H,16,19)(H,17,18). The van der Waals surface area contributed by atoms with Gasteiger partial charge in [0.2, 0.25) is 0 Å². The van der Waals surface area contributed by atoms with Crippen molar-refractivity contribution in [3.05, 3.63) is 60.2 Å². The first-order chi connectivity index (χ1) is 9.33. The lowest BCUT2D eigenvalue weighted by Crippen LogP contribution is -2.23. The van der Waals surface area contributed by atoms with Crippen LogP contribution in [-0.4, -0.2) is 20.9 Å². The smallest absolute Gasteiger partial charge is 0.270 e. The zero-order valence-electron chi connectivity index (χ0n) is 10.1. The minimum absolute atomic E-state index is 0.176. The molecule has 5 nitrogen and oxygen atoms in total. The van der Waals surface area contributed by atoms with Crippen molar-refractivity contribution in [2.75, 3.05) is 0 Å². The third-order valence-corrected chi connectivity index (χ3v) is 2.84. The molecule has 94 valence electrons. The number of imidazole rings is 1. The Morgan fingerprint density at radius 2 is 2.16 bits per heavy atom. The maximum absolute atomic E-state index is 11.8.